The topological polar surface area (TPSA) is 25.8 Å². The number of hydrogen-bond acceptors (Lipinski definition) is 2. The van der Waals surface area contributed by atoms with E-state index in [2.05, 4.69) is 28.2 Å². The van der Waals surface area contributed by atoms with Crippen LogP contribution in [0, 0.1) is 0 Å². The summed E-state index contributed by atoms with van der Waals surface area (Å²) in [5.41, 5.74) is 4.53. The molecule has 0 radical (unpaired) electrons. The maximum atomic E-state index is 6.29. The maximum Gasteiger partial charge on any atom is 0.161 e. The van der Waals surface area contributed by atoms with Gasteiger partial charge in [-0.1, -0.05) is 41.4 Å². The second kappa shape index (κ2) is 4.97. The van der Waals surface area contributed by atoms with E-state index >= 15 is 0 Å². The van der Waals surface area contributed by atoms with Gasteiger partial charge in [0.15, 0.2) is 5.82 Å². The Labute approximate surface area is 132 Å². The summed E-state index contributed by atoms with van der Waals surface area (Å²) in [5.74, 6) is 0.635. The number of fused-ring (bicyclic) bond motifs is 2. The Morgan fingerprint density at radius 1 is 0.905 bits per heavy atom. The Balaban J connectivity index is 1.92. The van der Waals surface area contributed by atoms with Crippen LogP contribution in [0.15, 0.2) is 36.4 Å². The molecular weight excluding hydrogens is 303 g/mol. The normalized spacial score (nSPS) is 13.6. The lowest BCUT2D eigenvalue weighted by molar-refractivity contribution is 0.912. The predicted molar refractivity (Wildman–Crippen MR) is 87.0 cm³/mol. The van der Waals surface area contributed by atoms with Crippen molar-refractivity contribution in [1.82, 2.24) is 9.97 Å². The molecule has 3 aromatic rings. The van der Waals surface area contributed by atoms with E-state index in [0.29, 0.717) is 21.5 Å². The Kier molecular flexibility index (Phi) is 3.09. The Morgan fingerprint density at radius 2 is 1.76 bits per heavy atom. The van der Waals surface area contributed by atoms with Crippen LogP contribution < -0.4 is 0 Å². The van der Waals surface area contributed by atoms with E-state index in [1.165, 1.54) is 24.0 Å². The molecule has 1 aliphatic carbocycles. The summed E-state index contributed by atoms with van der Waals surface area (Å²) in [5, 5.41) is 1.83. The van der Waals surface area contributed by atoms with Crippen LogP contribution >= 0.6 is 23.2 Å². The molecular formula is C17H12Cl2N2. The van der Waals surface area contributed by atoms with E-state index in [0.717, 1.165) is 17.4 Å². The number of aromatic nitrogens is 2. The van der Waals surface area contributed by atoms with E-state index in [-0.39, 0.29) is 0 Å². The molecule has 0 amide bonds. The van der Waals surface area contributed by atoms with Gasteiger partial charge in [-0.2, -0.15) is 0 Å². The summed E-state index contributed by atoms with van der Waals surface area (Å²) in [4.78, 5) is 9.04. The molecule has 0 fully saturated rings. The SMILES string of the molecule is Clc1nc(-c2ccc3c(c2)CCC3)nc2c(Cl)cccc12. The van der Waals surface area contributed by atoms with Gasteiger partial charge in [0.2, 0.25) is 0 Å². The van der Waals surface area contributed by atoms with Crippen LogP contribution in [0.5, 0.6) is 0 Å². The van der Waals surface area contributed by atoms with Crippen molar-refractivity contribution < 1.29 is 0 Å². The van der Waals surface area contributed by atoms with Gasteiger partial charge in [-0.25, -0.2) is 9.97 Å². The highest BCUT2D eigenvalue weighted by molar-refractivity contribution is 6.38. The van der Waals surface area contributed by atoms with Gasteiger partial charge in [0, 0.05) is 10.9 Å². The molecule has 4 heteroatoms. The monoisotopic (exact) mass is 314 g/mol. The summed E-state index contributed by atoms with van der Waals surface area (Å²) in [6, 6.07) is 12.0. The van der Waals surface area contributed by atoms with Crippen LogP contribution in [-0.4, -0.2) is 9.97 Å². The largest absolute Gasteiger partial charge is 0.226 e. The van der Waals surface area contributed by atoms with Crippen molar-refractivity contribution in [1.29, 1.82) is 0 Å². The summed E-state index contributed by atoms with van der Waals surface area (Å²) in [7, 11) is 0. The zero-order valence-corrected chi connectivity index (χ0v) is 12.7. The summed E-state index contributed by atoms with van der Waals surface area (Å²) in [6.45, 7) is 0. The van der Waals surface area contributed by atoms with E-state index in [1.54, 1.807) is 0 Å². The summed E-state index contributed by atoms with van der Waals surface area (Å²) in [6.07, 6.45) is 3.52. The predicted octanol–water partition coefficient (Wildman–Crippen LogP) is 5.09. The van der Waals surface area contributed by atoms with Crippen molar-refractivity contribution in [2.24, 2.45) is 0 Å². The number of halogens is 2. The third-order valence-corrected chi connectivity index (χ3v) is 4.58. The lowest BCUT2D eigenvalue weighted by Crippen LogP contribution is -1.94. The molecule has 21 heavy (non-hydrogen) atoms. The smallest absolute Gasteiger partial charge is 0.161 e. The molecule has 2 nitrogen and oxygen atoms in total. The second-order valence-electron chi connectivity index (χ2n) is 5.31. The molecule has 0 atom stereocenters. The van der Waals surface area contributed by atoms with E-state index < -0.39 is 0 Å². The van der Waals surface area contributed by atoms with Crippen molar-refractivity contribution in [2.75, 3.05) is 0 Å². The molecule has 104 valence electrons. The van der Waals surface area contributed by atoms with E-state index in [9.17, 15) is 0 Å². The van der Waals surface area contributed by atoms with Crippen LogP contribution in [0.25, 0.3) is 22.3 Å². The molecule has 0 aliphatic heterocycles. The highest BCUT2D eigenvalue weighted by Crippen LogP contribution is 2.31. The molecule has 1 heterocycles. The van der Waals surface area contributed by atoms with Gasteiger partial charge in [-0.05, 0) is 48.6 Å². The average Bonchev–Trinajstić information content (AvgIpc) is 2.95. The number of hydrogen-bond donors (Lipinski definition) is 0. The molecule has 0 N–H and O–H groups in total. The third kappa shape index (κ3) is 2.19. The summed E-state index contributed by atoms with van der Waals surface area (Å²) >= 11 is 12.5. The number of benzene rings is 2. The molecule has 0 spiro atoms. The van der Waals surface area contributed by atoms with Crippen LogP contribution in [0.1, 0.15) is 17.5 Å². The van der Waals surface area contributed by atoms with E-state index in [1.807, 2.05) is 18.2 Å². The number of aryl methyl sites for hydroxylation is 2. The zero-order valence-electron chi connectivity index (χ0n) is 11.2. The minimum atomic E-state index is 0.443. The quantitative estimate of drug-likeness (QED) is 0.584. The molecule has 0 saturated heterocycles. The number of nitrogens with zero attached hydrogens (tertiary/aromatic N) is 2. The molecule has 4 rings (SSSR count). The van der Waals surface area contributed by atoms with E-state index in [4.69, 9.17) is 23.2 Å². The first-order valence-corrected chi connectivity index (χ1v) is 7.72. The fourth-order valence-electron chi connectivity index (χ4n) is 2.92. The van der Waals surface area contributed by atoms with Crippen molar-refractivity contribution in [3.63, 3.8) is 0 Å². The Morgan fingerprint density at radius 3 is 2.67 bits per heavy atom. The fourth-order valence-corrected chi connectivity index (χ4v) is 3.37. The van der Waals surface area contributed by atoms with Crippen LogP contribution in [-0.2, 0) is 12.8 Å². The Bertz CT molecular complexity index is 859. The highest BCUT2D eigenvalue weighted by Gasteiger charge is 2.14. The fraction of sp³-hybridized carbons (Fsp3) is 0.176. The average molecular weight is 315 g/mol. The molecule has 0 unspecified atom stereocenters. The van der Waals surface area contributed by atoms with Gasteiger partial charge < -0.3 is 0 Å². The minimum absolute atomic E-state index is 0.443. The standard InChI is InChI=1S/C17H12Cl2N2/c18-14-6-2-5-13-15(14)20-17(21-16(13)19)12-8-7-10-3-1-4-11(10)9-12/h2,5-9H,1,3-4H2. The molecule has 0 bridgehead atoms. The van der Waals surface area contributed by atoms with Gasteiger partial charge >= 0.3 is 0 Å². The maximum absolute atomic E-state index is 6.29. The van der Waals surface area contributed by atoms with Crippen LogP contribution in [0.4, 0.5) is 0 Å². The third-order valence-electron chi connectivity index (χ3n) is 3.99. The molecule has 0 saturated carbocycles. The Hall–Kier alpha value is -1.64. The van der Waals surface area contributed by atoms with Gasteiger partial charge in [0.1, 0.15) is 5.15 Å². The lowest BCUT2D eigenvalue weighted by Gasteiger charge is -2.07. The van der Waals surface area contributed by atoms with Crippen molar-refractivity contribution >= 4 is 34.1 Å². The van der Waals surface area contributed by atoms with Gasteiger partial charge in [-0.15, -0.1) is 0 Å². The zero-order chi connectivity index (χ0) is 14.4. The van der Waals surface area contributed by atoms with Gasteiger partial charge in [0.25, 0.3) is 0 Å². The van der Waals surface area contributed by atoms with Crippen molar-refractivity contribution in [2.45, 2.75) is 19.3 Å². The van der Waals surface area contributed by atoms with Gasteiger partial charge in [-0.3, -0.25) is 0 Å². The minimum Gasteiger partial charge on any atom is -0.226 e. The van der Waals surface area contributed by atoms with Crippen LogP contribution in [0.3, 0.4) is 0 Å². The van der Waals surface area contributed by atoms with Crippen molar-refractivity contribution in [3.8, 4) is 11.4 Å². The first kappa shape index (κ1) is 13.1. The number of rotatable bonds is 1. The van der Waals surface area contributed by atoms with Crippen LogP contribution in [0.2, 0.25) is 10.2 Å². The summed E-state index contributed by atoms with van der Waals surface area (Å²) < 4.78 is 0. The molecule has 1 aromatic heterocycles. The first-order valence-electron chi connectivity index (χ1n) is 6.96. The van der Waals surface area contributed by atoms with Crippen molar-refractivity contribution in [3.05, 3.63) is 57.7 Å². The second-order valence-corrected chi connectivity index (χ2v) is 6.08. The highest BCUT2D eigenvalue weighted by atomic mass is 35.5. The lowest BCUT2D eigenvalue weighted by atomic mass is 10.1. The molecule has 2 aromatic carbocycles. The number of para-hydroxylation sites is 1. The first-order chi connectivity index (χ1) is 10.2. The van der Waals surface area contributed by atoms with Gasteiger partial charge in [0.05, 0.1) is 10.5 Å². The molecule has 1 aliphatic rings.